The summed E-state index contributed by atoms with van der Waals surface area (Å²) < 4.78 is 1.43. The maximum atomic E-state index is 5.98. The van der Waals surface area contributed by atoms with E-state index in [0.717, 1.165) is 16.3 Å². The number of thiophene rings is 1. The number of hydrogen-bond acceptors (Lipinski definition) is 2. The van der Waals surface area contributed by atoms with Crippen LogP contribution in [0.5, 0.6) is 0 Å². The summed E-state index contributed by atoms with van der Waals surface area (Å²) in [5, 5.41) is 0. The van der Waals surface area contributed by atoms with Crippen LogP contribution in [0.3, 0.4) is 0 Å². The van der Waals surface area contributed by atoms with Crippen molar-refractivity contribution >= 4 is 34.5 Å². The highest BCUT2D eigenvalue weighted by Crippen LogP contribution is 2.35. The molecule has 0 aliphatic rings. The molecule has 13 heavy (non-hydrogen) atoms. The van der Waals surface area contributed by atoms with E-state index in [1.54, 1.807) is 0 Å². The van der Waals surface area contributed by atoms with Gasteiger partial charge in [-0.1, -0.05) is 37.0 Å². The second-order valence-corrected chi connectivity index (χ2v) is 5.80. The van der Waals surface area contributed by atoms with Crippen LogP contribution in [-0.2, 0) is 0 Å². The SMILES string of the molecule is CC(C)CC(N)c1cc(Cl)sc1Cl. The summed E-state index contributed by atoms with van der Waals surface area (Å²) in [6, 6.07) is 1.87. The lowest BCUT2D eigenvalue weighted by Gasteiger charge is -2.12. The maximum Gasteiger partial charge on any atom is 0.0991 e. The summed E-state index contributed by atoms with van der Waals surface area (Å²) in [5.41, 5.74) is 6.95. The third-order valence-electron chi connectivity index (χ3n) is 1.81. The normalized spacial score (nSPS) is 13.7. The van der Waals surface area contributed by atoms with Gasteiger partial charge < -0.3 is 5.73 Å². The van der Waals surface area contributed by atoms with Gasteiger partial charge >= 0.3 is 0 Å². The van der Waals surface area contributed by atoms with Gasteiger partial charge in [-0.2, -0.15) is 0 Å². The van der Waals surface area contributed by atoms with Crippen molar-refractivity contribution in [3.05, 3.63) is 20.3 Å². The van der Waals surface area contributed by atoms with Crippen LogP contribution in [0.1, 0.15) is 31.9 Å². The summed E-state index contributed by atoms with van der Waals surface area (Å²) in [6.07, 6.45) is 0.937. The smallest absolute Gasteiger partial charge is 0.0991 e. The molecular formula is C9H13Cl2NS. The number of rotatable bonds is 3. The van der Waals surface area contributed by atoms with Crippen LogP contribution in [0.15, 0.2) is 6.07 Å². The lowest BCUT2D eigenvalue weighted by atomic mass is 10.0. The standard InChI is InChI=1S/C9H13Cl2NS/c1-5(2)3-7(12)6-4-8(10)13-9(6)11/h4-5,7H,3,12H2,1-2H3. The van der Waals surface area contributed by atoms with E-state index in [0.29, 0.717) is 10.3 Å². The minimum absolute atomic E-state index is 0.0104. The predicted molar refractivity (Wildman–Crippen MR) is 60.7 cm³/mol. The molecule has 0 spiro atoms. The van der Waals surface area contributed by atoms with Crippen molar-refractivity contribution in [2.24, 2.45) is 11.7 Å². The van der Waals surface area contributed by atoms with Gasteiger partial charge in [0, 0.05) is 6.04 Å². The van der Waals surface area contributed by atoms with E-state index in [-0.39, 0.29) is 6.04 Å². The van der Waals surface area contributed by atoms with Gasteiger partial charge in [0.1, 0.15) is 0 Å². The van der Waals surface area contributed by atoms with Crippen molar-refractivity contribution < 1.29 is 0 Å². The molecule has 4 heteroatoms. The summed E-state index contributed by atoms with van der Waals surface area (Å²) >= 11 is 13.2. The third-order valence-corrected chi connectivity index (χ3v) is 3.33. The molecule has 0 amide bonds. The van der Waals surface area contributed by atoms with Crippen LogP contribution in [0.2, 0.25) is 8.67 Å². The molecule has 0 radical (unpaired) electrons. The van der Waals surface area contributed by atoms with Crippen molar-refractivity contribution in [2.75, 3.05) is 0 Å². The van der Waals surface area contributed by atoms with E-state index >= 15 is 0 Å². The Labute approximate surface area is 92.8 Å². The van der Waals surface area contributed by atoms with Crippen molar-refractivity contribution in [2.45, 2.75) is 26.3 Å². The molecule has 0 aliphatic heterocycles. The summed E-state index contributed by atoms with van der Waals surface area (Å²) in [5.74, 6) is 0.574. The maximum absolute atomic E-state index is 5.98. The van der Waals surface area contributed by atoms with E-state index in [1.165, 1.54) is 11.3 Å². The van der Waals surface area contributed by atoms with Crippen LogP contribution in [0.4, 0.5) is 0 Å². The Hall–Kier alpha value is 0.240. The minimum Gasteiger partial charge on any atom is -0.324 e. The zero-order valence-corrected chi connectivity index (χ0v) is 10.0. The first-order valence-electron chi connectivity index (χ1n) is 4.21. The zero-order valence-electron chi connectivity index (χ0n) is 7.68. The fraction of sp³-hybridized carbons (Fsp3) is 0.556. The van der Waals surface area contributed by atoms with Gasteiger partial charge in [0.15, 0.2) is 0 Å². The van der Waals surface area contributed by atoms with Crippen LogP contribution < -0.4 is 5.73 Å². The first-order chi connectivity index (χ1) is 6.00. The van der Waals surface area contributed by atoms with Gasteiger partial charge in [-0.05, 0) is 24.0 Å². The molecule has 0 bridgehead atoms. The van der Waals surface area contributed by atoms with Crippen molar-refractivity contribution in [1.29, 1.82) is 0 Å². The Morgan fingerprint density at radius 3 is 2.46 bits per heavy atom. The van der Waals surface area contributed by atoms with Crippen molar-refractivity contribution in [3.63, 3.8) is 0 Å². The van der Waals surface area contributed by atoms with Gasteiger partial charge in [0.25, 0.3) is 0 Å². The van der Waals surface area contributed by atoms with Crippen molar-refractivity contribution in [3.8, 4) is 0 Å². The average Bonchev–Trinajstić information content (AvgIpc) is 2.28. The second-order valence-electron chi connectivity index (χ2n) is 3.52. The molecule has 1 heterocycles. The van der Waals surface area contributed by atoms with Gasteiger partial charge in [-0.3, -0.25) is 0 Å². The fourth-order valence-electron chi connectivity index (χ4n) is 1.24. The highest BCUT2D eigenvalue weighted by Gasteiger charge is 2.14. The van der Waals surface area contributed by atoms with Gasteiger partial charge in [-0.25, -0.2) is 0 Å². The molecule has 0 fully saturated rings. The molecule has 1 nitrogen and oxygen atoms in total. The van der Waals surface area contributed by atoms with Gasteiger partial charge in [0.2, 0.25) is 0 Å². The number of nitrogens with two attached hydrogens (primary N) is 1. The molecule has 1 aromatic rings. The van der Waals surface area contributed by atoms with E-state index < -0.39 is 0 Å². The van der Waals surface area contributed by atoms with Crippen LogP contribution >= 0.6 is 34.5 Å². The first kappa shape index (κ1) is 11.3. The molecule has 74 valence electrons. The molecule has 0 saturated heterocycles. The second kappa shape index (κ2) is 4.65. The largest absolute Gasteiger partial charge is 0.324 e. The summed E-state index contributed by atoms with van der Waals surface area (Å²) in [6.45, 7) is 4.28. The van der Waals surface area contributed by atoms with E-state index in [9.17, 15) is 0 Å². The quantitative estimate of drug-likeness (QED) is 0.842. The molecule has 2 N–H and O–H groups in total. The lowest BCUT2D eigenvalue weighted by molar-refractivity contribution is 0.511. The van der Waals surface area contributed by atoms with Crippen molar-refractivity contribution in [1.82, 2.24) is 0 Å². The Kier molecular flexibility index (Phi) is 4.05. The Morgan fingerprint density at radius 1 is 1.46 bits per heavy atom. The zero-order chi connectivity index (χ0) is 10.0. The average molecular weight is 238 g/mol. The number of halogens is 2. The van der Waals surface area contributed by atoms with Gasteiger partial charge in [0.05, 0.1) is 8.67 Å². The van der Waals surface area contributed by atoms with Crippen LogP contribution in [0, 0.1) is 5.92 Å². The van der Waals surface area contributed by atoms with Crippen LogP contribution in [0.25, 0.3) is 0 Å². The number of hydrogen-bond donors (Lipinski definition) is 1. The highest BCUT2D eigenvalue weighted by atomic mass is 35.5. The molecule has 1 aromatic heterocycles. The monoisotopic (exact) mass is 237 g/mol. The Balaban J connectivity index is 2.76. The fourth-order valence-corrected chi connectivity index (χ4v) is 2.84. The molecular weight excluding hydrogens is 225 g/mol. The Bertz CT molecular complexity index is 283. The molecule has 1 atom stereocenters. The Morgan fingerprint density at radius 2 is 2.08 bits per heavy atom. The molecule has 0 aromatic carbocycles. The first-order valence-corrected chi connectivity index (χ1v) is 5.78. The summed E-state index contributed by atoms with van der Waals surface area (Å²) in [7, 11) is 0. The lowest BCUT2D eigenvalue weighted by Crippen LogP contribution is -2.12. The topological polar surface area (TPSA) is 26.0 Å². The van der Waals surface area contributed by atoms with E-state index in [2.05, 4.69) is 13.8 Å². The molecule has 1 rings (SSSR count). The highest BCUT2D eigenvalue weighted by molar-refractivity contribution is 7.20. The van der Waals surface area contributed by atoms with Crippen LogP contribution in [-0.4, -0.2) is 0 Å². The van der Waals surface area contributed by atoms with Gasteiger partial charge in [-0.15, -0.1) is 11.3 Å². The summed E-state index contributed by atoms with van der Waals surface area (Å²) in [4.78, 5) is 0. The minimum atomic E-state index is 0.0104. The van der Waals surface area contributed by atoms with E-state index in [1.807, 2.05) is 6.07 Å². The predicted octanol–water partition coefficient (Wildman–Crippen LogP) is 4.10. The van der Waals surface area contributed by atoms with E-state index in [4.69, 9.17) is 28.9 Å². The third kappa shape index (κ3) is 3.13. The molecule has 0 aliphatic carbocycles. The molecule has 1 unspecified atom stereocenters. The molecule has 0 saturated carbocycles.